The van der Waals surface area contributed by atoms with Crippen LogP contribution in [-0.2, 0) is 11.4 Å². The summed E-state index contributed by atoms with van der Waals surface area (Å²) in [6.07, 6.45) is 1.85. The lowest BCUT2D eigenvalue weighted by Crippen LogP contribution is -2.19. The lowest BCUT2D eigenvalue weighted by molar-refractivity contribution is -0.115. The van der Waals surface area contributed by atoms with Gasteiger partial charge in [-0.3, -0.25) is 4.79 Å². The number of rotatable bonds is 5. The van der Waals surface area contributed by atoms with Gasteiger partial charge in [-0.1, -0.05) is 45.8 Å². The lowest BCUT2D eigenvalue weighted by Gasteiger charge is -2.12. The molecule has 1 fully saturated rings. The van der Waals surface area contributed by atoms with Crippen LogP contribution in [-0.4, -0.2) is 11.1 Å². The van der Waals surface area contributed by atoms with Gasteiger partial charge in [0.2, 0.25) is 0 Å². The average molecular weight is 665 g/mol. The van der Waals surface area contributed by atoms with Crippen molar-refractivity contribution in [2.45, 2.75) is 27.4 Å². The first-order valence-electron chi connectivity index (χ1n) is 10.4. The Kier molecular flexibility index (Phi) is 8.02. The van der Waals surface area contributed by atoms with Crippen molar-refractivity contribution in [2.24, 2.45) is 4.99 Å². The van der Waals surface area contributed by atoms with Crippen LogP contribution in [0.2, 0.25) is 0 Å². The summed E-state index contributed by atoms with van der Waals surface area (Å²) in [5.74, 6) is 0.552. The van der Waals surface area contributed by atoms with Crippen LogP contribution >= 0.6 is 59.6 Å². The van der Waals surface area contributed by atoms with E-state index in [1.807, 2.05) is 44.2 Å². The van der Waals surface area contributed by atoms with Crippen LogP contribution < -0.4 is 10.1 Å². The summed E-state index contributed by atoms with van der Waals surface area (Å²) in [6.45, 7) is 6.57. The molecule has 0 spiro atoms. The summed E-state index contributed by atoms with van der Waals surface area (Å²) >= 11 is 12.1. The van der Waals surface area contributed by atoms with Crippen molar-refractivity contribution in [3.05, 3.63) is 94.7 Å². The molecule has 1 aliphatic rings. The molecular formula is C26H21Br3N2O2S. The molecule has 0 bridgehead atoms. The Morgan fingerprint density at radius 3 is 2.21 bits per heavy atom. The molecule has 3 aromatic carbocycles. The quantitative estimate of drug-likeness (QED) is 0.279. The van der Waals surface area contributed by atoms with Crippen LogP contribution in [0, 0.1) is 20.8 Å². The zero-order valence-corrected chi connectivity index (χ0v) is 24.3. The predicted molar refractivity (Wildman–Crippen MR) is 152 cm³/mol. The molecule has 1 amide bonds. The average Bonchev–Trinajstić information content (AvgIpc) is 3.11. The molecule has 174 valence electrons. The van der Waals surface area contributed by atoms with Gasteiger partial charge in [0.25, 0.3) is 5.91 Å². The van der Waals surface area contributed by atoms with Crippen LogP contribution in [0.15, 0.2) is 71.8 Å². The minimum Gasteiger partial charge on any atom is -0.487 e. The van der Waals surface area contributed by atoms with Gasteiger partial charge in [-0.25, -0.2) is 4.99 Å². The van der Waals surface area contributed by atoms with Crippen LogP contribution in [0.25, 0.3) is 6.08 Å². The number of carbonyl (C=O) groups is 1. The fraction of sp³-hybridized carbons (Fsp3) is 0.154. The van der Waals surface area contributed by atoms with Crippen molar-refractivity contribution in [1.82, 2.24) is 5.32 Å². The van der Waals surface area contributed by atoms with Gasteiger partial charge < -0.3 is 10.1 Å². The van der Waals surface area contributed by atoms with Gasteiger partial charge >= 0.3 is 0 Å². The number of nitrogens with zero attached hydrogens (tertiary/aromatic N) is 1. The third-order valence-electron chi connectivity index (χ3n) is 5.12. The smallest absolute Gasteiger partial charge is 0.264 e. The monoisotopic (exact) mass is 662 g/mol. The summed E-state index contributed by atoms with van der Waals surface area (Å²) in [4.78, 5) is 17.7. The molecule has 3 aromatic rings. The largest absolute Gasteiger partial charge is 0.487 e. The molecule has 0 atom stereocenters. The van der Waals surface area contributed by atoms with Crippen molar-refractivity contribution in [2.75, 3.05) is 0 Å². The highest BCUT2D eigenvalue weighted by Gasteiger charge is 2.24. The Morgan fingerprint density at radius 1 is 0.971 bits per heavy atom. The fourth-order valence-corrected chi connectivity index (χ4v) is 5.90. The summed E-state index contributed by atoms with van der Waals surface area (Å²) in [6, 6.07) is 16.1. The Balaban J connectivity index is 1.51. The number of nitrogens with one attached hydrogen (secondary N) is 1. The van der Waals surface area contributed by atoms with E-state index in [0.717, 1.165) is 47.1 Å². The molecule has 1 heterocycles. The van der Waals surface area contributed by atoms with Crippen LogP contribution in [0.5, 0.6) is 5.75 Å². The molecule has 0 aromatic heterocycles. The second kappa shape index (κ2) is 10.8. The highest BCUT2D eigenvalue weighted by molar-refractivity contribution is 9.11. The summed E-state index contributed by atoms with van der Waals surface area (Å²) in [7, 11) is 0. The Bertz CT molecular complexity index is 1290. The van der Waals surface area contributed by atoms with Gasteiger partial charge in [0, 0.05) is 4.47 Å². The molecule has 0 aliphatic carbocycles. The van der Waals surface area contributed by atoms with Gasteiger partial charge in [0.1, 0.15) is 12.4 Å². The van der Waals surface area contributed by atoms with E-state index in [1.54, 1.807) is 0 Å². The number of benzene rings is 3. The maximum Gasteiger partial charge on any atom is 0.264 e. The summed E-state index contributed by atoms with van der Waals surface area (Å²) in [5.41, 5.74) is 6.19. The number of hydrogen-bond donors (Lipinski definition) is 1. The van der Waals surface area contributed by atoms with Gasteiger partial charge in [0.15, 0.2) is 5.17 Å². The number of amides is 1. The highest BCUT2D eigenvalue weighted by atomic mass is 79.9. The number of thioether (sulfide) groups is 1. The van der Waals surface area contributed by atoms with E-state index in [1.165, 1.54) is 17.3 Å². The molecule has 1 saturated heterocycles. The Labute approximate surface area is 228 Å². The van der Waals surface area contributed by atoms with E-state index >= 15 is 0 Å². The SMILES string of the molecule is Cc1ccc(COc2c(Br)cc(/C=C3\SC(=Nc4cc(C)c(Br)c(C)c4)NC3=O)cc2Br)cc1. The molecule has 4 nitrogen and oxygen atoms in total. The van der Waals surface area contributed by atoms with Crippen molar-refractivity contribution in [1.29, 1.82) is 0 Å². The zero-order valence-electron chi connectivity index (χ0n) is 18.7. The highest BCUT2D eigenvalue weighted by Crippen LogP contribution is 2.37. The van der Waals surface area contributed by atoms with E-state index in [4.69, 9.17) is 4.74 Å². The maximum absolute atomic E-state index is 12.6. The second-order valence-corrected chi connectivity index (χ2v) is 11.5. The van der Waals surface area contributed by atoms with Crippen LogP contribution in [0.4, 0.5) is 5.69 Å². The molecule has 0 unspecified atom stereocenters. The van der Waals surface area contributed by atoms with Crippen LogP contribution in [0.3, 0.4) is 0 Å². The topological polar surface area (TPSA) is 50.7 Å². The summed E-state index contributed by atoms with van der Waals surface area (Å²) < 4.78 is 8.71. The van der Waals surface area contributed by atoms with Gasteiger partial charge in [-0.05, 0) is 117 Å². The Hall–Kier alpha value is -1.87. The second-order valence-electron chi connectivity index (χ2n) is 7.96. The molecular weight excluding hydrogens is 644 g/mol. The third kappa shape index (κ3) is 6.03. The number of halogens is 3. The maximum atomic E-state index is 12.6. The van der Waals surface area contributed by atoms with Crippen LogP contribution in [0.1, 0.15) is 27.8 Å². The number of aryl methyl sites for hydroxylation is 3. The zero-order chi connectivity index (χ0) is 24.4. The molecule has 0 saturated carbocycles. The number of hydrogen-bond acceptors (Lipinski definition) is 4. The first-order chi connectivity index (χ1) is 16.2. The molecule has 8 heteroatoms. The predicted octanol–water partition coefficient (Wildman–Crippen LogP) is 8.37. The standard InChI is InChI=1S/C26H21Br3N2O2S/c1-14-4-6-17(7-5-14)13-33-24-20(27)10-18(11-21(24)28)12-22-25(32)31-26(34-22)30-19-8-15(2)23(29)16(3)9-19/h4-12H,13H2,1-3H3,(H,30,31,32)/b22-12-. The molecule has 0 radical (unpaired) electrons. The Morgan fingerprint density at radius 2 is 1.59 bits per heavy atom. The number of aliphatic imine (C=N–C) groups is 1. The molecule has 1 aliphatic heterocycles. The first-order valence-corrected chi connectivity index (χ1v) is 13.6. The number of ether oxygens (including phenoxy) is 1. The lowest BCUT2D eigenvalue weighted by atomic mass is 10.1. The van der Waals surface area contributed by atoms with E-state index in [9.17, 15) is 4.79 Å². The van der Waals surface area contributed by atoms with Gasteiger partial charge in [0.05, 0.1) is 19.5 Å². The minimum atomic E-state index is -0.166. The first kappa shape index (κ1) is 25.2. The van der Waals surface area contributed by atoms with Crippen molar-refractivity contribution in [3.63, 3.8) is 0 Å². The molecule has 1 N–H and O–H groups in total. The number of amidine groups is 1. The number of carbonyl (C=O) groups excluding carboxylic acids is 1. The summed E-state index contributed by atoms with van der Waals surface area (Å²) in [5, 5.41) is 3.42. The van der Waals surface area contributed by atoms with E-state index < -0.39 is 0 Å². The third-order valence-corrected chi connectivity index (χ3v) is 8.46. The minimum absolute atomic E-state index is 0.166. The molecule has 34 heavy (non-hydrogen) atoms. The van der Waals surface area contributed by atoms with Gasteiger partial charge in [-0.2, -0.15) is 0 Å². The van der Waals surface area contributed by atoms with Crippen molar-refractivity contribution in [3.8, 4) is 5.75 Å². The molecule has 4 rings (SSSR count). The van der Waals surface area contributed by atoms with E-state index in [0.29, 0.717) is 16.7 Å². The van der Waals surface area contributed by atoms with Crippen molar-refractivity contribution < 1.29 is 9.53 Å². The van der Waals surface area contributed by atoms with Gasteiger partial charge in [-0.15, -0.1) is 0 Å². The van der Waals surface area contributed by atoms with E-state index in [-0.39, 0.29) is 5.91 Å². The fourth-order valence-electron chi connectivity index (χ4n) is 3.38. The van der Waals surface area contributed by atoms with Crippen molar-refractivity contribution >= 4 is 82.4 Å². The van der Waals surface area contributed by atoms with E-state index in [2.05, 4.69) is 89.3 Å². The normalized spacial score (nSPS) is 15.8.